The number of likely N-dealkylation sites (tertiary alicyclic amines) is 1. The lowest BCUT2D eigenvalue weighted by Gasteiger charge is -2.35. The van der Waals surface area contributed by atoms with E-state index in [0.717, 1.165) is 39.4 Å². The number of piperidine rings is 1. The van der Waals surface area contributed by atoms with Crippen molar-refractivity contribution in [1.29, 1.82) is 0 Å². The van der Waals surface area contributed by atoms with E-state index in [1.165, 1.54) is 19.5 Å². The third-order valence-electron chi connectivity index (χ3n) is 3.79. The highest BCUT2D eigenvalue weighted by atomic mass is 35.5. The molecule has 0 saturated carbocycles. The molecule has 0 radical (unpaired) electrons. The number of rotatable bonds is 3. The fourth-order valence-electron chi connectivity index (χ4n) is 2.40. The average Bonchev–Trinajstić information content (AvgIpc) is 2.32. The van der Waals surface area contributed by atoms with Crippen LogP contribution in [0.15, 0.2) is 0 Å². The average molecular weight is 247 g/mol. The van der Waals surface area contributed by atoms with Crippen molar-refractivity contribution in [1.82, 2.24) is 9.80 Å². The Kier molecular flexibility index (Phi) is 4.89. The molecule has 2 heterocycles. The maximum absolute atomic E-state index is 6.31. The van der Waals surface area contributed by atoms with E-state index in [1.54, 1.807) is 0 Å². The van der Waals surface area contributed by atoms with Crippen molar-refractivity contribution in [2.75, 3.05) is 52.5 Å². The van der Waals surface area contributed by atoms with Crippen LogP contribution in [0.3, 0.4) is 0 Å². The second-order valence-electron chi connectivity index (χ2n) is 5.04. The summed E-state index contributed by atoms with van der Waals surface area (Å²) >= 11 is 6.31. The molecule has 0 aromatic rings. The van der Waals surface area contributed by atoms with Gasteiger partial charge in [-0.05, 0) is 18.9 Å². The first-order chi connectivity index (χ1) is 7.75. The molecule has 0 aromatic carbocycles. The van der Waals surface area contributed by atoms with E-state index in [-0.39, 0.29) is 0 Å². The summed E-state index contributed by atoms with van der Waals surface area (Å²) in [6, 6.07) is 0. The van der Waals surface area contributed by atoms with E-state index in [2.05, 4.69) is 16.7 Å². The van der Waals surface area contributed by atoms with E-state index in [0.29, 0.717) is 11.3 Å². The molecule has 0 spiro atoms. The quantitative estimate of drug-likeness (QED) is 0.698. The lowest BCUT2D eigenvalue weighted by atomic mass is 9.99. The molecule has 16 heavy (non-hydrogen) atoms. The maximum atomic E-state index is 6.31. The molecule has 2 aliphatic heterocycles. The molecule has 0 aromatic heterocycles. The van der Waals surface area contributed by atoms with E-state index < -0.39 is 0 Å². The van der Waals surface area contributed by atoms with Crippen molar-refractivity contribution in [2.45, 2.75) is 18.7 Å². The van der Waals surface area contributed by atoms with Crippen LogP contribution in [0.5, 0.6) is 0 Å². The van der Waals surface area contributed by atoms with E-state index in [4.69, 9.17) is 16.3 Å². The van der Waals surface area contributed by atoms with Crippen LogP contribution in [0.2, 0.25) is 0 Å². The molecule has 2 saturated heterocycles. The van der Waals surface area contributed by atoms with Crippen LogP contribution in [0.4, 0.5) is 0 Å². The van der Waals surface area contributed by atoms with Gasteiger partial charge in [0.05, 0.1) is 13.2 Å². The molecule has 3 nitrogen and oxygen atoms in total. The molecule has 2 atom stereocenters. The van der Waals surface area contributed by atoms with E-state index in [1.807, 2.05) is 0 Å². The van der Waals surface area contributed by atoms with Gasteiger partial charge in [0.1, 0.15) is 0 Å². The molecule has 2 rings (SSSR count). The van der Waals surface area contributed by atoms with Crippen LogP contribution < -0.4 is 0 Å². The monoisotopic (exact) mass is 246 g/mol. The van der Waals surface area contributed by atoms with Gasteiger partial charge in [-0.3, -0.25) is 4.90 Å². The first-order valence-corrected chi connectivity index (χ1v) is 6.86. The highest BCUT2D eigenvalue weighted by molar-refractivity contribution is 6.21. The predicted octanol–water partition coefficient (Wildman–Crippen LogP) is 1.27. The molecule has 0 N–H and O–H groups in total. The highest BCUT2D eigenvalue weighted by Gasteiger charge is 2.24. The van der Waals surface area contributed by atoms with Crippen LogP contribution in [0.1, 0.15) is 13.3 Å². The zero-order valence-corrected chi connectivity index (χ0v) is 11.0. The Labute approximate surface area is 104 Å². The van der Waals surface area contributed by atoms with Crippen LogP contribution in [0, 0.1) is 5.92 Å². The number of morpholine rings is 1. The van der Waals surface area contributed by atoms with Gasteiger partial charge in [-0.1, -0.05) is 6.92 Å². The standard InChI is InChI=1S/C12H23ClN2O/c1-11-2-3-15(10-12(11)13)5-4-14-6-8-16-9-7-14/h11-12H,2-10H2,1H3. The Morgan fingerprint density at radius 2 is 1.81 bits per heavy atom. The Morgan fingerprint density at radius 1 is 1.12 bits per heavy atom. The Balaban J connectivity index is 1.65. The van der Waals surface area contributed by atoms with Gasteiger partial charge in [-0.2, -0.15) is 0 Å². The van der Waals surface area contributed by atoms with Gasteiger partial charge < -0.3 is 9.64 Å². The summed E-state index contributed by atoms with van der Waals surface area (Å²) in [5.41, 5.74) is 0. The summed E-state index contributed by atoms with van der Waals surface area (Å²) in [4.78, 5) is 5.00. The Hall–Kier alpha value is 0.170. The van der Waals surface area contributed by atoms with Gasteiger partial charge in [0.25, 0.3) is 0 Å². The minimum Gasteiger partial charge on any atom is -0.379 e. The highest BCUT2D eigenvalue weighted by Crippen LogP contribution is 2.21. The van der Waals surface area contributed by atoms with Gasteiger partial charge in [0.15, 0.2) is 0 Å². The zero-order chi connectivity index (χ0) is 11.4. The molecule has 0 aliphatic carbocycles. The summed E-state index contributed by atoms with van der Waals surface area (Å²) in [6.45, 7) is 10.9. The molecule has 0 amide bonds. The second-order valence-corrected chi connectivity index (χ2v) is 5.60. The van der Waals surface area contributed by atoms with E-state index >= 15 is 0 Å². The summed E-state index contributed by atoms with van der Waals surface area (Å²) in [5.74, 6) is 0.682. The Morgan fingerprint density at radius 3 is 2.50 bits per heavy atom. The third-order valence-corrected chi connectivity index (χ3v) is 4.36. The smallest absolute Gasteiger partial charge is 0.0594 e. The van der Waals surface area contributed by atoms with Crippen LogP contribution in [-0.2, 0) is 4.74 Å². The van der Waals surface area contributed by atoms with Crippen molar-refractivity contribution in [2.24, 2.45) is 5.92 Å². The first-order valence-electron chi connectivity index (χ1n) is 6.42. The summed E-state index contributed by atoms with van der Waals surface area (Å²) < 4.78 is 5.35. The van der Waals surface area contributed by atoms with Gasteiger partial charge in [0, 0.05) is 38.1 Å². The van der Waals surface area contributed by atoms with Crippen molar-refractivity contribution in [3.05, 3.63) is 0 Å². The van der Waals surface area contributed by atoms with Crippen LogP contribution >= 0.6 is 11.6 Å². The second kappa shape index (κ2) is 6.20. The van der Waals surface area contributed by atoms with Gasteiger partial charge >= 0.3 is 0 Å². The fraction of sp³-hybridized carbons (Fsp3) is 1.00. The first kappa shape index (κ1) is 12.6. The number of alkyl halides is 1. The maximum Gasteiger partial charge on any atom is 0.0594 e. The van der Waals surface area contributed by atoms with Crippen molar-refractivity contribution >= 4 is 11.6 Å². The zero-order valence-electron chi connectivity index (χ0n) is 10.2. The largest absolute Gasteiger partial charge is 0.379 e. The van der Waals surface area contributed by atoms with E-state index in [9.17, 15) is 0 Å². The third kappa shape index (κ3) is 3.59. The van der Waals surface area contributed by atoms with Gasteiger partial charge in [-0.25, -0.2) is 0 Å². The van der Waals surface area contributed by atoms with Crippen molar-refractivity contribution in [3.63, 3.8) is 0 Å². The molecular formula is C12H23ClN2O. The summed E-state index contributed by atoms with van der Waals surface area (Å²) in [5, 5.41) is 0.346. The predicted molar refractivity (Wildman–Crippen MR) is 67.1 cm³/mol. The molecule has 2 fully saturated rings. The summed E-state index contributed by atoms with van der Waals surface area (Å²) in [7, 11) is 0. The van der Waals surface area contributed by atoms with Gasteiger partial charge in [0.2, 0.25) is 0 Å². The molecule has 2 unspecified atom stereocenters. The number of halogens is 1. The topological polar surface area (TPSA) is 15.7 Å². The number of hydrogen-bond acceptors (Lipinski definition) is 3. The van der Waals surface area contributed by atoms with Crippen LogP contribution in [-0.4, -0.2) is 67.7 Å². The lowest BCUT2D eigenvalue weighted by Crippen LogP contribution is -2.46. The molecule has 4 heteroatoms. The SMILES string of the molecule is CC1CCN(CCN2CCOCC2)CC1Cl. The minimum atomic E-state index is 0.346. The normalized spacial score (nSPS) is 34.1. The van der Waals surface area contributed by atoms with Crippen molar-refractivity contribution in [3.8, 4) is 0 Å². The van der Waals surface area contributed by atoms with Crippen molar-refractivity contribution < 1.29 is 4.74 Å². The van der Waals surface area contributed by atoms with Crippen LogP contribution in [0.25, 0.3) is 0 Å². The molecule has 0 bridgehead atoms. The molecule has 94 valence electrons. The molecule has 2 aliphatic rings. The minimum absolute atomic E-state index is 0.346. The molecular weight excluding hydrogens is 224 g/mol. The summed E-state index contributed by atoms with van der Waals surface area (Å²) in [6.07, 6.45) is 1.25. The lowest BCUT2D eigenvalue weighted by molar-refractivity contribution is 0.0317. The number of nitrogens with zero attached hydrogens (tertiary/aromatic N) is 2. The van der Waals surface area contributed by atoms with Gasteiger partial charge in [-0.15, -0.1) is 11.6 Å². The Bertz CT molecular complexity index is 209. The number of ether oxygens (including phenoxy) is 1. The fourth-order valence-corrected chi connectivity index (χ4v) is 2.72. The number of hydrogen-bond donors (Lipinski definition) is 0.